The van der Waals surface area contributed by atoms with Gasteiger partial charge in [0.2, 0.25) is 0 Å². The van der Waals surface area contributed by atoms with Gasteiger partial charge < -0.3 is 9.52 Å². The Hall–Kier alpha value is -0.650. The topological polar surface area (TPSA) is 46.3 Å². The first kappa shape index (κ1) is 9.89. The van der Waals surface area contributed by atoms with Crippen molar-refractivity contribution in [1.29, 1.82) is 0 Å². The predicted molar refractivity (Wildman–Crippen MR) is 57.3 cm³/mol. The molecule has 0 fully saturated rings. The number of halogens is 1. The summed E-state index contributed by atoms with van der Waals surface area (Å²) in [6, 6.07) is 3.47. The van der Waals surface area contributed by atoms with Crippen LogP contribution in [-0.4, -0.2) is 10.1 Å². The molecule has 5 heteroatoms. The SMILES string of the molecule is Cc1nc(C(O)c2ccc(Br)o2)cs1. The van der Waals surface area contributed by atoms with Crippen molar-refractivity contribution in [3.05, 3.63) is 38.6 Å². The van der Waals surface area contributed by atoms with Crippen LogP contribution in [0.5, 0.6) is 0 Å². The second-order valence-corrected chi connectivity index (χ2v) is 4.68. The highest BCUT2D eigenvalue weighted by molar-refractivity contribution is 9.10. The number of hydrogen-bond acceptors (Lipinski definition) is 4. The average Bonchev–Trinajstić information content (AvgIpc) is 2.73. The summed E-state index contributed by atoms with van der Waals surface area (Å²) in [4.78, 5) is 4.19. The molecule has 2 aromatic heterocycles. The number of thiazole rings is 1. The largest absolute Gasteiger partial charge is 0.451 e. The Morgan fingerprint density at radius 2 is 2.36 bits per heavy atom. The Bertz CT molecular complexity index is 397. The molecule has 1 N–H and O–H groups in total. The molecular weight excluding hydrogens is 266 g/mol. The zero-order valence-corrected chi connectivity index (χ0v) is 9.80. The fourth-order valence-electron chi connectivity index (χ4n) is 1.13. The van der Waals surface area contributed by atoms with Crippen LogP contribution in [0.2, 0.25) is 0 Å². The third-order valence-corrected chi connectivity index (χ3v) is 3.00. The fraction of sp³-hybridized carbons (Fsp3) is 0.222. The fourth-order valence-corrected chi connectivity index (χ4v) is 2.08. The summed E-state index contributed by atoms with van der Waals surface area (Å²) >= 11 is 4.69. The van der Waals surface area contributed by atoms with Crippen molar-refractivity contribution < 1.29 is 9.52 Å². The molecule has 0 aromatic carbocycles. The summed E-state index contributed by atoms with van der Waals surface area (Å²) < 4.78 is 5.85. The van der Waals surface area contributed by atoms with Gasteiger partial charge in [-0.25, -0.2) is 4.98 Å². The number of furan rings is 1. The molecule has 0 spiro atoms. The molecule has 0 amide bonds. The van der Waals surface area contributed by atoms with Crippen LogP contribution in [0.4, 0.5) is 0 Å². The molecule has 1 atom stereocenters. The van der Waals surface area contributed by atoms with E-state index in [0.29, 0.717) is 16.1 Å². The molecule has 0 saturated carbocycles. The molecule has 2 heterocycles. The first-order valence-corrected chi connectivity index (χ1v) is 5.69. The Morgan fingerprint density at radius 3 is 2.86 bits per heavy atom. The van der Waals surface area contributed by atoms with Gasteiger partial charge in [0, 0.05) is 5.38 Å². The molecule has 0 aliphatic rings. The number of hydrogen-bond donors (Lipinski definition) is 1. The highest BCUT2D eigenvalue weighted by Crippen LogP contribution is 2.26. The van der Waals surface area contributed by atoms with Crippen molar-refractivity contribution >= 4 is 27.3 Å². The second kappa shape index (κ2) is 3.84. The van der Waals surface area contributed by atoms with Gasteiger partial charge >= 0.3 is 0 Å². The lowest BCUT2D eigenvalue weighted by molar-refractivity contribution is 0.184. The van der Waals surface area contributed by atoms with Crippen molar-refractivity contribution in [2.45, 2.75) is 13.0 Å². The molecule has 0 saturated heterocycles. The van der Waals surface area contributed by atoms with Gasteiger partial charge in [-0.2, -0.15) is 0 Å². The third kappa shape index (κ3) is 1.89. The molecule has 2 aromatic rings. The quantitative estimate of drug-likeness (QED) is 0.915. The summed E-state index contributed by atoms with van der Waals surface area (Å²) in [6.45, 7) is 1.90. The van der Waals surface area contributed by atoms with Crippen molar-refractivity contribution in [2.75, 3.05) is 0 Å². The zero-order chi connectivity index (χ0) is 10.1. The van der Waals surface area contributed by atoms with Crippen molar-refractivity contribution in [1.82, 2.24) is 4.98 Å². The van der Waals surface area contributed by atoms with Gasteiger partial charge in [-0.1, -0.05) is 0 Å². The maximum absolute atomic E-state index is 9.85. The van der Waals surface area contributed by atoms with Crippen LogP contribution in [0, 0.1) is 6.92 Å². The van der Waals surface area contributed by atoms with Crippen molar-refractivity contribution in [2.24, 2.45) is 0 Å². The predicted octanol–water partition coefficient (Wildman–Crippen LogP) is 2.89. The van der Waals surface area contributed by atoms with Gasteiger partial charge in [0.1, 0.15) is 5.76 Å². The van der Waals surface area contributed by atoms with Crippen LogP contribution < -0.4 is 0 Å². The smallest absolute Gasteiger partial charge is 0.169 e. The summed E-state index contributed by atoms with van der Waals surface area (Å²) in [5, 5.41) is 12.6. The van der Waals surface area contributed by atoms with Gasteiger partial charge in [0.05, 0.1) is 10.7 Å². The lowest BCUT2D eigenvalue weighted by atomic mass is 10.2. The maximum atomic E-state index is 9.85. The molecule has 2 rings (SSSR count). The summed E-state index contributed by atoms with van der Waals surface area (Å²) in [6.07, 6.45) is -0.772. The van der Waals surface area contributed by atoms with E-state index in [9.17, 15) is 5.11 Å². The standard InChI is InChI=1S/C9H8BrNO2S/c1-5-11-6(4-14-5)9(12)7-2-3-8(10)13-7/h2-4,9,12H,1H3. The first-order chi connectivity index (χ1) is 6.66. The molecule has 3 nitrogen and oxygen atoms in total. The van der Waals surface area contributed by atoms with Crippen LogP contribution >= 0.6 is 27.3 Å². The number of rotatable bonds is 2. The summed E-state index contributed by atoms with van der Waals surface area (Å²) in [5.41, 5.74) is 0.634. The Kier molecular flexibility index (Phi) is 2.71. The lowest BCUT2D eigenvalue weighted by Gasteiger charge is -2.02. The maximum Gasteiger partial charge on any atom is 0.169 e. The Morgan fingerprint density at radius 1 is 1.57 bits per heavy atom. The van der Waals surface area contributed by atoms with E-state index >= 15 is 0 Å². The van der Waals surface area contributed by atoms with E-state index in [0.717, 1.165) is 5.01 Å². The number of aromatic nitrogens is 1. The van der Waals surface area contributed by atoms with E-state index in [1.54, 1.807) is 12.1 Å². The summed E-state index contributed by atoms with van der Waals surface area (Å²) in [5.74, 6) is 0.502. The number of aliphatic hydroxyl groups is 1. The van der Waals surface area contributed by atoms with Crippen molar-refractivity contribution in [3.63, 3.8) is 0 Å². The third-order valence-electron chi connectivity index (χ3n) is 1.78. The lowest BCUT2D eigenvalue weighted by Crippen LogP contribution is -1.98. The van der Waals surface area contributed by atoms with E-state index in [1.807, 2.05) is 12.3 Å². The first-order valence-electron chi connectivity index (χ1n) is 4.02. The number of nitrogens with zero attached hydrogens (tertiary/aromatic N) is 1. The van der Waals surface area contributed by atoms with E-state index in [4.69, 9.17) is 4.42 Å². The van der Waals surface area contributed by atoms with E-state index in [1.165, 1.54) is 11.3 Å². The van der Waals surface area contributed by atoms with Crippen LogP contribution in [0.15, 0.2) is 26.6 Å². The van der Waals surface area contributed by atoms with Gasteiger partial charge in [-0.15, -0.1) is 11.3 Å². The van der Waals surface area contributed by atoms with Gasteiger partial charge in [0.25, 0.3) is 0 Å². The molecule has 0 radical (unpaired) electrons. The highest BCUT2D eigenvalue weighted by Gasteiger charge is 2.16. The van der Waals surface area contributed by atoms with E-state index in [2.05, 4.69) is 20.9 Å². The molecule has 0 aliphatic heterocycles. The van der Waals surface area contributed by atoms with Crippen LogP contribution in [0.3, 0.4) is 0 Å². The Labute approximate surface area is 93.5 Å². The monoisotopic (exact) mass is 273 g/mol. The summed E-state index contributed by atoms with van der Waals surface area (Å²) in [7, 11) is 0. The number of aliphatic hydroxyl groups excluding tert-OH is 1. The van der Waals surface area contributed by atoms with E-state index in [-0.39, 0.29) is 0 Å². The zero-order valence-electron chi connectivity index (χ0n) is 7.40. The highest BCUT2D eigenvalue weighted by atomic mass is 79.9. The van der Waals surface area contributed by atoms with Crippen LogP contribution in [0.1, 0.15) is 22.6 Å². The van der Waals surface area contributed by atoms with E-state index < -0.39 is 6.10 Å². The Balaban J connectivity index is 2.28. The van der Waals surface area contributed by atoms with Gasteiger partial charge in [-0.3, -0.25) is 0 Å². The van der Waals surface area contributed by atoms with Crippen molar-refractivity contribution in [3.8, 4) is 0 Å². The molecule has 14 heavy (non-hydrogen) atoms. The molecule has 74 valence electrons. The van der Waals surface area contributed by atoms with Crippen LogP contribution in [0.25, 0.3) is 0 Å². The minimum atomic E-state index is -0.772. The minimum Gasteiger partial charge on any atom is -0.451 e. The molecule has 0 aliphatic carbocycles. The average molecular weight is 274 g/mol. The molecular formula is C9H8BrNO2S. The minimum absolute atomic E-state index is 0.502. The van der Waals surface area contributed by atoms with Gasteiger partial charge in [0.15, 0.2) is 10.8 Å². The second-order valence-electron chi connectivity index (χ2n) is 2.84. The van der Waals surface area contributed by atoms with Crippen LogP contribution in [-0.2, 0) is 0 Å². The normalized spacial score (nSPS) is 13.1. The molecule has 1 unspecified atom stereocenters. The van der Waals surface area contributed by atoms with Gasteiger partial charge in [-0.05, 0) is 35.0 Å². The number of aryl methyl sites for hydroxylation is 1. The molecule has 0 bridgehead atoms.